The van der Waals surface area contributed by atoms with Crippen molar-refractivity contribution in [2.24, 2.45) is 0 Å². The molecule has 0 saturated carbocycles. The van der Waals surface area contributed by atoms with Crippen LogP contribution >= 0.6 is 0 Å². The molecule has 1 N–H and O–H groups in total. The van der Waals surface area contributed by atoms with Crippen LogP contribution in [0.3, 0.4) is 0 Å². The van der Waals surface area contributed by atoms with Gasteiger partial charge in [0.05, 0.1) is 6.54 Å². The third kappa shape index (κ3) is 2.90. The van der Waals surface area contributed by atoms with E-state index < -0.39 is 0 Å². The van der Waals surface area contributed by atoms with E-state index in [4.69, 9.17) is 4.42 Å². The molecule has 0 fully saturated rings. The maximum absolute atomic E-state index is 11.8. The monoisotopic (exact) mass is 300 g/mol. The summed E-state index contributed by atoms with van der Waals surface area (Å²) in [5, 5.41) is 3.58. The van der Waals surface area contributed by atoms with Crippen molar-refractivity contribution in [2.45, 2.75) is 25.8 Å². The fraction of sp³-hybridized carbons (Fsp3) is 0.412. The number of carbonyl (C=O) groups excluding carboxylic acids is 1. The molecular weight excluding hydrogens is 280 g/mol. The highest BCUT2D eigenvalue weighted by atomic mass is 16.4. The Morgan fingerprint density at radius 2 is 2.00 bits per heavy atom. The van der Waals surface area contributed by atoms with Gasteiger partial charge in [0.25, 0.3) is 0 Å². The summed E-state index contributed by atoms with van der Waals surface area (Å²) < 4.78 is 5.36. The van der Waals surface area contributed by atoms with Gasteiger partial charge in [0.2, 0.25) is 5.91 Å². The second kappa shape index (κ2) is 5.93. The zero-order chi connectivity index (χ0) is 15.7. The Hall–Kier alpha value is -2.14. The van der Waals surface area contributed by atoms with Gasteiger partial charge in [-0.2, -0.15) is 0 Å². The van der Waals surface area contributed by atoms with E-state index in [2.05, 4.69) is 11.4 Å². The Kier molecular flexibility index (Phi) is 3.98. The number of fused-ring (bicyclic) bond motifs is 2. The number of nitrogens with zero attached hydrogens (tertiary/aromatic N) is 1. The van der Waals surface area contributed by atoms with Crippen molar-refractivity contribution in [3.8, 4) is 0 Å². The summed E-state index contributed by atoms with van der Waals surface area (Å²) in [4.78, 5) is 25.2. The summed E-state index contributed by atoms with van der Waals surface area (Å²) >= 11 is 0. The van der Waals surface area contributed by atoms with Crippen molar-refractivity contribution in [3.05, 3.63) is 45.3 Å². The lowest BCUT2D eigenvalue weighted by molar-refractivity contribution is -0.121. The Balaban J connectivity index is 1.98. The van der Waals surface area contributed by atoms with Gasteiger partial charge in [0.1, 0.15) is 5.58 Å². The molecule has 5 heteroatoms. The van der Waals surface area contributed by atoms with E-state index in [9.17, 15) is 9.59 Å². The van der Waals surface area contributed by atoms with Crippen LogP contribution in [0, 0.1) is 0 Å². The fourth-order valence-electron chi connectivity index (χ4n) is 3.10. The van der Waals surface area contributed by atoms with E-state index in [1.54, 1.807) is 7.05 Å². The second-order valence-electron chi connectivity index (χ2n) is 5.91. The van der Waals surface area contributed by atoms with Gasteiger partial charge in [0.15, 0.2) is 0 Å². The molecule has 1 amide bonds. The van der Waals surface area contributed by atoms with Crippen LogP contribution in [0.5, 0.6) is 0 Å². The van der Waals surface area contributed by atoms with Gasteiger partial charge in [-0.05, 0) is 55.1 Å². The molecule has 1 aromatic heterocycles. The van der Waals surface area contributed by atoms with E-state index in [-0.39, 0.29) is 11.5 Å². The second-order valence-corrected chi connectivity index (χ2v) is 5.91. The van der Waals surface area contributed by atoms with Crippen LogP contribution in [0.4, 0.5) is 0 Å². The van der Waals surface area contributed by atoms with Crippen LogP contribution in [0.25, 0.3) is 11.0 Å². The number of aryl methyl sites for hydroxylation is 2. The topological polar surface area (TPSA) is 62.6 Å². The molecular formula is C17H20N2O3. The number of nitrogens with one attached hydrogen (secondary N) is 1. The highest BCUT2D eigenvalue weighted by Gasteiger charge is 2.16. The van der Waals surface area contributed by atoms with Crippen molar-refractivity contribution < 1.29 is 9.21 Å². The molecule has 116 valence electrons. The molecule has 0 bridgehead atoms. The Labute approximate surface area is 128 Å². The number of hydrogen-bond acceptors (Lipinski definition) is 4. The molecule has 0 radical (unpaired) electrons. The predicted octanol–water partition coefficient (Wildman–Crippen LogP) is 1.46. The highest BCUT2D eigenvalue weighted by molar-refractivity contribution is 5.82. The minimum Gasteiger partial charge on any atom is -0.423 e. The Bertz CT molecular complexity index is 779. The van der Waals surface area contributed by atoms with Gasteiger partial charge in [-0.25, -0.2) is 4.79 Å². The SMILES string of the molecule is CNC(=O)CN(C)Cc1cc(=O)oc2cc3c(cc12)CCC3. The minimum absolute atomic E-state index is 0.0457. The zero-order valence-corrected chi connectivity index (χ0v) is 12.9. The van der Waals surface area contributed by atoms with Crippen molar-refractivity contribution in [3.63, 3.8) is 0 Å². The molecule has 5 nitrogen and oxygen atoms in total. The van der Waals surface area contributed by atoms with Crippen LogP contribution in [0.15, 0.2) is 27.4 Å². The normalized spacial score (nSPS) is 13.6. The van der Waals surface area contributed by atoms with E-state index in [1.165, 1.54) is 17.2 Å². The van der Waals surface area contributed by atoms with E-state index in [0.717, 1.165) is 30.2 Å². The molecule has 0 saturated heterocycles. The van der Waals surface area contributed by atoms with Crippen molar-refractivity contribution in [1.82, 2.24) is 10.2 Å². The molecule has 0 atom stereocenters. The number of rotatable bonds is 4. The van der Waals surface area contributed by atoms with Crippen molar-refractivity contribution in [1.29, 1.82) is 0 Å². The number of likely N-dealkylation sites (N-methyl/N-ethyl adjacent to an activating group) is 2. The molecule has 3 rings (SSSR count). The summed E-state index contributed by atoms with van der Waals surface area (Å²) in [6, 6.07) is 5.68. The first-order valence-electron chi connectivity index (χ1n) is 7.54. The van der Waals surface area contributed by atoms with Gasteiger partial charge < -0.3 is 9.73 Å². The van der Waals surface area contributed by atoms with Crippen molar-refractivity contribution in [2.75, 3.05) is 20.6 Å². The van der Waals surface area contributed by atoms with E-state index >= 15 is 0 Å². The fourth-order valence-corrected chi connectivity index (χ4v) is 3.10. The lowest BCUT2D eigenvalue weighted by atomic mass is 10.0. The van der Waals surface area contributed by atoms with Crippen LogP contribution in [0.1, 0.15) is 23.1 Å². The average Bonchev–Trinajstić information content (AvgIpc) is 2.92. The van der Waals surface area contributed by atoms with E-state index in [0.29, 0.717) is 18.7 Å². The Morgan fingerprint density at radius 1 is 1.27 bits per heavy atom. The number of benzene rings is 1. The number of carbonyl (C=O) groups is 1. The van der Waals surface area contributed by atoms with E-state index in [1.807, 2.05) is 18.0 Å². The lowest BCUT2D eigenvalue weighted by Gasteiger charge is -2.16. The maximum atomic E-state index is 11.8. The van der Waals surface area contributed by atoms with Gasteiger partial charge in [0, 0.05) is 25.0 Å². The van der Waals surface area contributed by atoms with Crippen molar-refractivity contribution >= 4 is 16.9 Å². The highest BCUT2D eigenvalue weighted by Crippen LogP contribution is 2.28. The summed E-state index contributed by atoms with van der Waals surface area (Å²) in [6.45, 7) is 0.831. The van der Waals surface area contributed by atoms with Crippen LogP contribution in [-0.2, 0) is 24.2 Å². The third-order valence-corrected chi connectivity index (χ3v) is 4.18. The van der Waals surface area contributed by atoms with Crippen LogP contribution in [-0.4, -0.2) is 31.4 Å². The first-order valence-corrected chi connectivity index (χ1v) is 7.54. The molecule has 2 aromatic rings. The molecule has 0 unspecified atom stereocenters. The van der Waals surface area contributed by atoms with Gasteiger partial charge in [-0.15, -0.1) is 0 Å². The molecule has 22 heavy (non-hydrogen) atoms. The quantitative estimate of drug-likeness (QED) is 0.868. The lowest BCUT2D eigenvalue weighted by Crippen LogP contribution is -2.32. The summed E-state index contributed by atoms with van der Waals surface area (Å²) in [7, 11) is 3.48. The van der Waals surface area contributed by atoms with Gasteiger partial charge in [-0.1, -0.05) is 0 Å². The van der Waals surface area contributed by atoms with Crippen LogP contribution in [0.2, 0.25) is 0 Å². The summed E-state index contributed by atoms with van der Waals surface area (Å²) in [5.74, 6) is -0.0457. The summed E-state index contributed by atoms with van der Waals surface area (Å²) in [6.07, 6.45) is 3.29. The zero-order valence-electron chi connectivity index (χ0n) is 12.9. The first-order chi connectivity index (χ1) is 10.6. The molecule has 1 aliphatic carbocycles. The molecule has 1 aromatic carbocycles. The Morgan fingerprint density at radius 3 is 2.73 bits per heavy atom. The third-order valence-electron chi connectivity index (χ3n) is 4.18. The standard InChI is InChI=1S/C17H20N2O3/c1-18-16(20)10-19(2)9-13-8-17(21)22-15-7-12-5-3-4-11(12)6-14(13)15/h6-8H,3-5,9-10H2,1-2H3,(H,18,20). The van der Waals surface area contributed by atoms with Crippen LogP contribution < -0.4 is 10.9 Å². The average molecular weight is 300 g/mol. The molecule has 1 aliphatic rings. The minimum atomic E-state index is -0.339. The smallest absolute Gasteiger partial charge is 0.336 e. The number of hydrogen-bond donors (Lipinski definition) is 1. The van der Waals surface area contributed by atoms with Gasteiger partial charge in [-0.3, -0.25) is 9.69 Å². The number of amides is 1. The predicted molar refractivity (Wildman–Crippen MR) is 84.9 cm³/mol. The maximum Gasteiger partial charge on any atom is 0.336 e. The van der Waals surface area contributed by atoms with Gasteiger partial charge >= 0.3 is 5.63 Å². The molecule has 0 aliphatic heterocycles. The largest absolute Gasteiger partial charge is 0.423 e. The molecule has 1 heterocycles. The molecule has 0 spiro atoms. The summed E-state index contributed by atoms with van der Waals surface area (Å²) in [5.41, 5.74) is 3.85. The first kappa shape index (κ1) is 14.8.